The third-order valence-electron chi connectivity index (χ3n) is 7.20. The van der Waals surface area contributed by atoms with Crippen molar-refractivity contribution < 1.29 is 30.8 Å². The van der Waals surface area contributed by atoms with E-state index in [-0.39, 0.29) is 4.90 Å². The molecule has 2 aromatic heterocycles. The van der Waals surface area contributed by atoms with Gasteiger partial charge in [-0.1, -0.05) is 36.4 Å². The van der Waals surface area contributed by atoms with E-state index in [4.69, 9.17) is 13.7 Å². The molecular weight excluding hydrogens is 588 g/mol. The number of hydrogen-bond acceptors (Lipinski definition) is 6. The molecule has 0 saturated carbocycles. The molecule has 0 aliphatic heterocycles. The maximum atomic E-state index is 13.0. The Labute approximate surface area is 251 Å². The number of rotatable bonds is 11. The SMILES string of the molecule is COc1ccc(Cn2ccc3ccc(S(=O)(=O)OCOc4ccc(Cn5ccc6ccc(S(=O)O)cc65)cc4)cc32)cc1. The Morgan fingerprint density at radius 1 is 0.721 bits per heavy atom. The van der Waals surface area contributed by atoms with Gasteiger partial charge in [0.05, 0.1) is 16.9 Å². The van der Waals surface area contributed by atoms with Gasteiger partial charge in [0, 0.05) is 36.5 Å². The predicted octanol–water partition coefficient (Wildman–Crippen LogP) is 6.02. The molecule has 0 radical (unpaired) electrons. The minimum atomic E-state index is -4.07. The van der Waals surface area contributed by atoms with Crippen LogP contribution >= 0.6 is 0 Å². The second kappa shape index (κ2) is 12.1. The molecule has 0 saturated heterocycles. The van der Waals surface area contributed by atoms with Gasteiger partial charge >= 0.3 is 0 Å². The lowest BCUT2D eigenvalue weighted by Gasteiger charge is -2.11. The maximum Gasteiger partial charge on any atom is 0.300 e. The molecule has 0 spiro atoms. The summed E-state index contributed by atoms with van der Waals surface area (Å²) in [5.41, 5.74) is 3.65. The molecule has 2 heterocycles. The number of hydrogen-bond donors (Lipinski definition) is 1. The Morgan fingerprint density at radius 3 is 1.86 bits per heavy atom. The Hall–Kier alpha value is -4.42. The molecule has 0 aliphatic carbocycles. The molecule has 43 heavy (non-hydrogen) atoms. The maximum absolute atomic E-state index is 13.0. The molecular formula is C32H28N2O7S2. The van der Waals surface area contributed by atoms with Crippen molar-refractivity contribution in [3.05, 3.63) is 121 Å². The van der Waals surface area contributed by atoms with Crippen molar-refractivity contribution in [2.75, 3.05) is 13.9 Å². The van der Waals surface area contributed by atoms with Crippen LogP contribution in [-0.2, 0) is 38.5 Å². The number of fused-ring (bicyclic) bond motifs is 2. The zero-order valence-electron chi connectivity index (χ0n) is 23.1. The van der Waals surface area contributed by atoms with E-state index in [2.05, 4.69) is 0 Å². The number of aromatic nitrogens is 2. The highest BCUT2D eigenvalue weighted by Crippen LogP contribution is 2.25. The van der Waals surface area contributed by atoms with Crippen LogP contribution in [0.1, 0.15) is 11.1 Å². The summed E-state index contributed by atoms with van der Waals surface area (Å²) in [7, 11) is -2.45. The summed E-state index contributed by atoms with van der Waals surface area (Å²) in [5, 5.41) is 1.89. The van der Waals surface area contributed by atoms with E-state index in [0.717, 1.165) is 38.7 Å². The monoisotopic (exact) mass is 616 g/mol. The number of nitrogens with zero attached hydrogens (tertiary/aromatic N) is 2. The van der Waals surface area contributed by atoms with E-state index in [9.17, 15) is 17.2 Å². The van der Waals surface area contributed by atoms with E-state index in [1.54, 1.807) is 43.5 Å². The first-order valence-corrected chi connectivity index (χ1v) is 15.8. The fourth-order valence-electron chi connectivity index (χ4n) is 4.91. The van der Waals surface area contributed by atoms with Crippen LogP contribution in [0.4, 0.5) is 0 Å². The highest BCUT2D eigenvalue weighted by Gasteiger charge is 2.17. The van der Waals surface area contributed by atoms with E-state index in [1.165, 1.54) is 6.07 Å². The van der Waals surface area contributed by atoms with Gasteiger partial charge < -0.3 is 23.2 Å². The molecule has 1 unspecified atom stereocenters. The van der Waals surface area contributed by atoms with Gasteiger partial charge in [-0.15, -0.1) is 0 Å². The molecule has 0 aliphatic rings. The molecule has 9 nitrogen and oxygen atoms in total. The standard InChI is InChI=1S/C32H28N2O7S2/c1-39-27-8-2-23(3-9-27)21-34-17-15-26-7-13-30(19-32(26)34)43(37,38)41-22-40-28-10-4-24(5-11-28)20-33-16-14-25-6-12-29(42(35)36)18-31(25)33/h2-19H,20-22H2,1H3,(H,35,36). The Morgan fingerprint density at radius 2 is 1.28 bits per heavy atom. The van der Waals surface area contributed by atoms with Crippen LogP contribution in [0.2, 0.25) is 0 Å². The van der Waals surface area contributed by atoms with Crippen LogP contribution < -0.4 is 9.47 Å². The summed E-state index contributed by atoms with van der Waals surface area (Å²) in [4.78, 5) is 0.384. The van der Waals surface area contributed by atoms with Gasteiger partial charge in [0.1, 0.15) is 11.5 Å². The summed E-state index contributed by atoms with van der Waals surface area (Å²) in [6.07, 6.45) is 3.84. The first-order chi connectivity index (χ1) is 20.8. The molecule has 4 aromatic carbocycles. The van der Waals surface area contributed by atoms with Crippen LogP contribution in [-0.4, -0.2) is 40.2 Å². The molecule has 0 amide bonds. The minimum absolute atomic E-state index is 0.0424. The van der Waals surface area contributed by atoms with Crippen LogP contribution in [0, 0.1) is 0 Å². The first kappa shape index (κ1) is 28.7. The largest absolute Gasteiger partial charge is 0.497 e. The highest BCUT2D eigenvalue weighted by molar-refractivity contribution is 7.86. The summed E-state index contributed by atoms with van der Waals surface area (Å²) in [5.74, 6) is 1.23. The first-order valence-electron chi connectivity index (χ1n) is 13.3. The second-order valence-electron chi connectivity index (χ2n) is 9.90. The van der Waals surface area contributed by atoms with Gasteiger partial charge in [-0.3, -0.25) is 0 Å². The number of benzene rings is 4. The molecule has 0 fully saturated rings. The third kappa shape index (κ3) is 6.35. The topological polar surface area (TPSA) is 109 Å². The van der Waals surface area contributed by atoms with Crippen molar-refractivity contribution in [1.29, 1.82) is 0 Å². The van der Waals surface area contributed by atoms with E-state index < -0.39 is 28.0 Å². The molecule has 0 bridgehead atoms. The molecule has 6 rings (SSSR count). The van der Waals surface area contributed by atoms with Gasteiger partial charge in [0.15, 0.2) is 11.1 Å². The Bertz CT molecular complexity index is 2030. The summed E-state index contributed by atoms with van der Waals surface area (Å²) in [6.45, 7) is 0.636. The molecule has 1 N–H and O–H groups in total. The predicted molar refractivity (Wildman–Crippen MR) is 164 cm³/mol. The van der Waals surface area contributed by atoms with Gasteiger partial charge in [-0.2, -0.15) is 8.42 Å². The van der Waals surface area contributed by atoms with Gasteiger partial charge in [0.25, 0.3) is 10.1 Å². The molecule has 6 aromatic rings. The number of ether oxygens (including phenoxy) is 2. The van der Waals surface area contributed by atoms with Crippen molar-refractivity contribution in [1.82, 2.24) is 9.13 Å². The third-order valence-corrected chi connectivity index (χ3v) is 9.09. The van der Waals surface area contributed by atoms with Crippen LogP contribution in [0.5, 0.6) is 11.5 Å². The average Bonchev–Trinajstić information content (AvgIpc) is 3.61. The molecule has 11 heteroatoms. The molecule has 1 atom stereocenters. The van der Waals surface area contributed by atoms with Crippen LogP contribution in [0.3, 0.4) is 0 Å². The van der Waals surface area contributed by atoms with Crippen molar-refractivity contribution in [2.45, 2.75) is 22.9 Å². The fourth-order valence-corrected chi connectivity index (χ4v) is 6.10. The minimum Gasteiger partial charge on any atom is -0.497 e. The van der Waals surface area contributed by atoms with Gasteiger partial charge in [-0.25, -0.2) is 8.39 Å². The summed E-state index contributed by atoms with van der Waals surface area (Å²) < 4.78 is 66.8. The van der Waals surface area contributed by atoms with Gasteiger partial charge in [-0.05, 0) is 82.6 Å². The van der Waals surface area contributed by atoms with Crippen LogP contribution in [0.15, 0.2) is 119 Å². The average molecular weight is 617 g/mol. The highest BCUT2D eigenvalue weighted by atomic mass is 32.2. The second-order valence-corrected chi connectivity index (χ2v) is 12.5. The Balaban J connectivity index is 1.09. The normalized spacial score (nSPS) is 12.5. The Kier molecular flexibility index (Phi) is 8.04. The van der Waals surface area contributed by atoms with Crippen LogP contribution in [0.25, 0.3) is 21.8 Å². The van der Waals surface area contributed by atoms with E-state index in [1.807, 2.05) is 76.1 Å². The zero-order chi connectivity index (χ0) is 30.0. The van der Waals surface area contributed by atoms with E-state index >= 15 is 0 Å². The smallest absolute Gasteiger partial charge is 0.300 e. The number of methoxy groups -OCH3 is 1. The summed E-state index contributed by atoms with van der Waals surface area (Å²) >= 11 is -2.05. The lowest BCUT2D eigenvalue weighted by molar-refractivity contribution is 0.126. The van der Waals surface area contributed by atoms with E-state index in [0.29, 0.717) is 23.7 Å². The lowest BCUT2D eigenvalue weighted by atomic mass is 10.2. The zero-order valence-corrected chi connectivity index (χ0v) is 24.8. The lowest BCUT2D eigenvalue weighted by Crippen LogP contribution is -2.12. The van der Waals surface area contributed by atoms with Crippen molar-refractivity contribution in [2.24, 2.45) is 0 Å². The van der Waals surface area contributed by atoms with Gasteiger partial charge in [0.2, 0.25) is 6.79 Å². The fraction of sp³-hybridized carbons (Fsp3) is 0.125. The van der Waals surface area contributed by atoms with Crippen molar-refractivity contribution >= 4 is 43.0 Å². The molecule has 220 valence electrons. The van der Waals surface area contributed by atoms with Crippen molar-refractivity contribution in [3.63, 3.8) is 0 Å². The summed E-state index contributed by atoms with van der Waals surface area (Å²) in [6, 6.07) is 28.9. The quantitative estimate of drug-likeness (QED) is 0.108. The van der Waals surface area contributed by atoms with Crippen molar-refractivity contribution in [3.8, 4) is 11.5 Å².